The van der Waals surface area contributed by atoms with Gasteiger partial charge in [-0.05, 0) is 44.9 Å². The van der Waals surface area contributed by atoms with Crippen LogP contribution in [0, 0.1) is 0 Å². The van der Waals surface area contributed by atoms with Crippen LogP contribution in [-0.4, -0.2) is 89.6 Å². The summed E-state index contributed by atoms with van der Waals surface area (Å²) in [5, 5.41) is 39.7. The fourth-order valence-electron chi connectivity index (χ4n) is 5.23. The molecule has 1 aliphatic rings. The van der Waals surface area contributed by atoms with Crippen LogP contribution in [0.25, 0.3) is 0 Å². The molecule has 0 spiro atoms. The molecular formula is C36H66O9. The standard InChI is InChI=1S/C36H66O9/c1-3-5-7-9-10-11-12-13-14-15-16-17-18-19-20-22-24-26-42-28-30(44-32(38)25-23-21-8-6-4-2)29-43-36-35(41)34(40)33(39)31(27-37)45-36/h11-12,14-15,30-31,33-37,39-41H,3-10,13,16-29H2,1-2H3/b12-11-,15-14-. The van der Waals surface area contributed by atoms with E-state index in [1.165, 1.54) is 51.4 Å². The first-order valence-corrected chi connectivity index (χ1v) is 17.9. The van der Waals surface area contributed by atoms with Crippen LogP contribution in [-0.2, 0) is 23.7 Å². The number of allylic oxidation sites excluding steroid dienone is 4. The molecule has 0 aromatic heterocycles. The van der Waals surface area contributed by atoms with Gasteiger partial charge in [0.1, 0.15) is 30.5 Å². The number of aliphatic hydroxyl groups excluding tert-OH is 4. The maximum atomic E-state index is 12.5. The van der Waals surface area contributed by atoms with Gasteiger partial charge in [-0.15, -0.1) is 0 Å². The van der Waals surface area contributed by atoms with Crippen molar-refractivity contribution in [2.45, 2.75) is 173 Å². The summed E-state index contributed by atoms with van der Waals surface area (Å²) in [7, 11) is 0. The van der Waals surface area contributed by atoms with Crippen LogP contribution >= 0.6 is 0 Å². The molecule has 1 fully saturated rings. The second-order valence-corrected chi connectivity index (χ2v) is 12.3. The molecule has 1 saturated heterocycles. The molecule has 6 unspecified atom stereocenters. The van der Waals surface area contributed by atoms with Gasteiger partial charge < -0.3 is 39.4 Å². The van der Waals surface area contributed by atoms with Gasteiger partial charge in [0, 0.05) is 13.0 Å². The van der Waals surface area contributed by atoms with Gasteiger partial charge in [-0.25, -0.2) is 0 Å². The molecule has 264 valence electrons. The zero-order valence-electron chi connectivity index (χ0n) is 28.4. The SMILES string of the molecule is CCCCCC/C=C\C/C=C\CCCCCCCCOCC(COC1OC(CO)C(O)C(O)C1O)OC(=O)CCCCCCC. The van der Waals surface area contributed by atoms with E-state index >= 15 is 0 Å². The maximum Gasteiger partial charge on any atom is 0.306 e. The molecule has 4 N–H and O–H groups in total. The van der Waals surface area contributed by atoms with Crippen molar-refractivity contribution in [3.05, 3.63) is 24.3 Å². The van der Waals surface area contributed by atoms with Gasteiger partial charge >= 0.3 is 5.97 Å². The molecule has 1 heterocycles. The summed E-state index contributed by atoms with van der Waals surface area (Å²) in [5.41, 5.74) is 0. The lowest BCUT2D eigenvalue weighted by Gasteiger charge is -2.39. The van der Waals surface area contributed by atoms with Gasteiger partial charge in [0.2, 0.25) is 0 Å². The summed E-state index contributed by atoms with van der Waals surface area (Å²) >= 11 is 0. The average Bonchev–Trinajstić information content (AvgIpc) is 3.04. The van der Waals surface area contributed by atoms with Gasteiger partial charge in [-0.2, -0.15) is 0 Å². The summed E-state index contributed by atoms with van der Waals surface area (Å²) in [6, 6.07) is 0. The molecule has 0 saturated carbocycles. The van der Waals surface area contributed by atoms with Crippen molar-refractivity contribution >= 4 is 5.97 Å². The number of rotatable bonds is 29. The molecule has 1 aliphatic heterocycles. The summed E-state index contributed by atoms with van der Waals surface area (Å²) in [5.74, 6) is -0.332. The van der Waals surface area contributed by atoms with Crippen LogP contribution < -0.4 is 0 Å². The van der Waals surface area contributed by atoms with Crippen molar-refractivity contribution in [1.82, 2.24) is 0 Å². The summed E-state index contributed by atoms with van der Waals surface area (Å²) in [4.78, 5) is 12.5. The monoisotopic (exact) mass is 642 g/mol. The normalized spacial score (nSPS) is 22.8. The van der Waals surface area contributed by atoms with Crippen molar-refractivity contribution in [3.63, 3.8) is 0 Å². The third-order valence-corrected chi connectivity index (χ3v) is 8.12. The van der Waals surface area contributed by atoms with E-state index in [4.69, 9.17) is 18.9 Å². The highest BCUT2D eigenvalue weighted by Gasteiger charge is 2.44. The van der Waals surface area contributed by atoms with Crippen molar-refractivity contribution < 1.29 is 44.2 Å². The predicted octanol–water partition coefficient (Wildman–Crippen LogP) is 6.30. The Morgan fingerprint density at radius 1 is 0.711 bits per heavy atom. The molecule has 45 heavy (non-hydrogen) atoms. The van der Waals surface area contributed by atoms with E-state index in [9.17, 15) is 25.2 Å². The van der Waals surface area contributed by atoms with Crippen LogP contribution in [0.4, 0.5) is 0 Å². The summed E-state index contributed by atoms with van der Waals surface area (Å²) < 4.78 is 22.5. The highest BCUT2D eigenvalue weighted by Crippen LogP contribution is 2.22. The van der Waals surface area contributed by atoms with E-state index in [1.54, 1.807) is 0 Å². The van der Waals surface area contributed by atoms with Crippen molar-refractivity contribution in [2.75, 3.05) is 26.4 Å². The second kappa shape index (κ2) is 28.9. The number of ether oxygens (including phenoxy) is 4. The Morgan fingerprint density at radius 3 is 1.93 bits per heavy atom. The lowest BCUT2D eigenvalue weighted by Crippen LogP contribution is -2.59. The zero-order valence-corrected chi connectivity index (χ0v) is 28.4. The fraction of sp³-hybridized carbons (Fsp3) is 0.861. The Morgan fingerprint density at radius 2 is 1.29 bits per heavy atom. The lowest BCUT2D eigenvalue weighted by molar-refractivity contribution is -0.305. The Labute approximate surface area is 273 Å². The van der Waals surface area contributed by atoms with E-state index in [0.717, 1.165) is 64.2 Å². The van der Waals surface area contributed by atoms with Crippen LogP contribution in [0.5, 0.6) is 0 Å². The molecular weight excluding hydrogens is 576 g/mol. The molecule has 1 rings (SSSR count). The zero-order chi connectivity index (χ0) is 33.0. The summed E-state index contributed by atoms with van der Waals surface area (Å²) in [6.45, 7) is 4.41. The summed E-state index contributed by atoms with van der Waals surface area (Å²) in [6.07, 6.45) is 22.4. The molecule has 9 heteroatoms. The highest BCUT2D eigenvalue weighted by molar-refractivity contribution is 5.69. The molecule has 0 amide bonds. The minimum atomic E-state index is -1.53. The van der Waals surface area contributed by atoms with Crippen molar-refractivity contribution in [3.8, 4) is 0 Å². The lowest BCUT2D eigenvalue weighted by atomic mass is 9.99. The average molecular weight is 643 g/mol. The van der Waals surface area contributed by atoms with Crippen LogP contribution in [0.1, 0.15) is 136 Å². The van der Waals surface area contributed by atoms with Crippen LogP contribution in [0.15, 0.2) is 24.3 Å². The molecule has 9 nitrogen and oxygen atoms in total. The van der Waals surface area contributed by atoms with E-state index in [-0.39, 0.29) is 19.2 Å². The highest BCUT2D eigenvalue weighted by atomic mass is 16.7. The number of esters is 1. The number of aliphatic hydroxyl groups is 4. The predicted molar refractivity (Wildman–Crippen MR) is 178 cm³/mol. The largest absolute Gasteiger partial charge is 0.457 e. The third-order valence-electron chi connectivity index (χ3n) is 8.12. The van der Waals surface area contributed by atoms with Crippen LogP contribution in [0.2, 0.25) is 0 Å². The Balaban J connectivity index is 2.26. The van der Waals surface area contributed by atoms with E-state index < -0.39 is 43.4 Å². The second-order valence-electron chi connectivity index (χ2n) is 12.3. The van der Waals surface area contributed by atoms with Gasteiger partial charge in [0.15, 0.2) is 6.29 Å². The quantitative estimate of drug-likeness (QED) is 0.0421. The molecule has 0 bridgehead atoms. The Kier molecular flexibility index (Phi) is 26.7. The number of hydrogen-bond acceptors (Lipinski definition) is 9. The van der Waals surface area contributed by atoms with E-state index in [2.05, 4.69) is 38.2 Å². The first-order valence-electron chi connectivity index (χ1n) is 17.9. The smallest absolute Gasteiger partial charge is 0.306 e. The number of unbranched alkanes of at least 4 members (excludes halogenated alkanes) is 14. The number of carbonyl (C=O) groups is 1. The number of carbonyl (C=O) groups excluding carboxylic acids is 1. The number of hydrogen-bond donors (Lipinski definition) is 4. The third kappa shape index (κ3) is 21.2. The first kappa shape index (κ1) is 41.7. The maximum absolute atomic E-state index is 12.5. The van der Waals surface area contributed by atoms with E-state index in [1.807, 2.05) is 0 Å². The Hall–Kier alpha value is -1.33. The van der Waals surface area contributed by atoms with Crippen molar-refractivity contribution in [1.29, 1.82) is 0 Å². The Bertz CT molecular complexity index is 742. The molecule has 0 aliphatic carbocycles. The van der Waals surface area contributed by atoms with Gasteiger partial charge in [-0.3, -0.25) is 4.79 Å². The molecule has 0 aromatic carbocycles. The van der Waals surface area contributed by atoms with Gasteiger partial charge in [0.05, 0.1) is 19.8 Å². The first-order chi connectivity index (χ1) is 21.9. The fourth-order valence-corrected chi connectivity index (χ4v) is 5.23. The van der Waals surface area contributed by atoms with Gasteiger partial charge in [0.25, 0.3) is 0 Å². The molecule has 0 aromatic rings. The minimum absolute atomic E-state index is 0.117. The van der Waals surface area contributed by atoms with Crippen LogP contribution in [0.3, 0.4) is 0 Å². The molecule has 6 atom stereocenters. The van der Waals surface area contributed by atoms with E-state index in [0.29, 0.717) is 13.0 Å². The van der Waals surface area contributed by atoms with Gasteiger partial charge in [-0.1, -0.05) is 109 Å². The molecule has 0 radical (unpaired) electrons. The van der Waals surface area contributed by atoms with Crippen molar-refractivity contribution in [2.24, 2.45) is 0 Å². The minimum Gasteiger partial charge on any atom is -0.457 e. The topological polar surface area (TPSA) is 135 Å².